The van der Waals surface area contributed by atoms with Crippen LogP contribution in [0.25, 0.3) is 6.08 Å². The van der Waals surface area contributed by atoms with Gasteiger partial charge in [-0.25, -0.2) is 22.0 Å². The summed E-state index contributed by atoms with van der Waals surface area (Å²) in [5.41, 5.74) is 1.17. The quantitative estimate of drug-likeness (QED) is 0.342. The number of carbonyl (C=O) groups excluding carboxylic acids is 1. The van der Waals surface area contributed by atoms with Crippen molar-refractivity contribution in [1.29, 1.82) is 0 Å². The maximum absolute atomic E-state index is 13.7. The number of aliphatic hydroxyl groups is 1. The van der Waals surface area contributed by atoms with Gasteiger partial charge in [0, 0.05) is 57.4 Å². The zero-order chi connectivity index (χ0) is 33.8. The van der Waals surface area contributed by atoms with Gasteiger partial charge in [0.25, 0.3) is 5.92 Å². The Labute approximate surface area is 270 Å². The van der Waals surface area contributed by atoms with Crippen LogP contribution in [0.1, 0.15) is 58.4 Å². The molecule has 0 spiro atoms. The Hall–Kier alpha value is -2.87. The number of hydrogen-bond acceptors (Lipinski definition) is 7. The lowest BCUT2D eigenvalue weighted by molar-refractivity contribution is -0.151. The van der Waals surface area contributed by atoms with Gasteiger partial charge in [-0.15, -0.1) is 0 Å². The Morgan fingerprint density at radius 1 is 1.09 bits per heavy atom. The summed E-state index contributed by atoms with van der Waals surface area (Å²) >= 11 is 0. The normalized spacial score (nSPS) is 31.8. The van der Waals surface area contributed by atoms with Crippen molar-refractivity contribution in [2.75, 3.05) is 39.8 Å². The number of likely N-dealkylation sites (N-methyl/N-ethyl adjacent to an activating group) is 1. The molecule has 3 heterocycles. The predicted molar refractivity (Wildman–Crippen MR) is 170 cm³/mol. The van der Waals surface area contributed by atoms with Gasteiger partial charge in [0.05, 0.1) is 23.5 Å². The van der Waals surface area contributed by atoms with E-state index >= 15 is 0 Å². The SMILES string of the molecule is C/C(=C\c1cccc(S(=O)(=O)N2CCC(F)(F)CC2)c1)[C@H]1OC(=O)C[C@H](O)CC[C@H](C)[C@@H](C2CN(C)CCN2C(=O)O)/C=C/[C@@H]1C. The number of cyclic esters (lactones) is 1. The zero-order valence-electron chi connectivity index (χ0n) is 27.0. The number of carboxylic acid groups (broad SMARTS) is 1. The van der Waals surface area contributed by atoms with Crippen LogP contribution >= 0.6 is 0 Å². The van der Waals surface area contributed by atoms with E-state index in [0.717, 1.165) is 4.31 Å². The average molecular weight is 668 g/mol. The molecular weight excluding hydrogens is 620 g/mol. The number of ether oxygens (including phenoxy) is 1. The standard InChI is InChI=1S/C33H47F2N3O7S/c1-22-8-10-26(39)20-30(40)45-31(23(2)9-11-28(22)29-21-36(4)16-17-38(29)32(41)42)24(3)18-25-6-5-7-27(19-25)46(43,44)37-14-12-33(34,35)13-15-37/h5-7,9,11,18-19,22-23,26,28-29,31,39H,8,10,12-17,20-21H2,1-4H3,(H,41,42)/b11-9+,24-18+/t22-,23-,26+,28-,29?,31-/m0/s1. The van der Waals surface area contributed by atoms with Crippen molar-refractivity contribution in [3.63, 3.8) is 0 Å². The second-order valence-corrected chi connectivity index (χ2v) is 15.1. The molecule has 1 aromatic carbocycles. The van der Waals surface area contributed by atoms with E-state index in [1.54, 1.807) is 25.1 Å². The lowest BCUT2D eigenvalue weighted by atomic mass is 9.80. The number of esters is 1. The smallest absolute Gasteiger partial charge is 0.407 e. The molecule has 1 aromatic rings. The molecule has 1 amide bonds. The third-order valence-electron chi connectivity index (χ3n) is 9.49. The van der Waals surface area contributed by atoms with Crippen molar-refractivity contribution in [1.82, 2.24) is 14.1 Å². The molecule has 13 heteroatoms. The van der Waals surface area contributed by atoms with E-state index in [4.69, 9.17) is 4.74 Å². The van der Waals surface area contributed by atoms with Gasteiger partial charge in [0.1, 0.15) is 6.10 Å². The number of alkyl halides is 2. The number of sulfonamides is 1. The number of carbonyl (C=O) groups is 2. The third kappa shape index (κ3) is 8.93. The minimum Gasteiger partial charge on any atom is -0.465 e. The van der Waals surface area contributed by atoms with E-state index in [1.165, 1.54) is 17.0 Å². The van der Waals surface area contributed by atoms with Gasteiger partial charge >= 0.3 is 12.1 Å². The fraction of sp³-hybridized carbons (Fsp3) is 0.636. The lowest BCUT2D eigenvalue weighted by Gasteiger charge is -2.43. The molecule has 0 aliphatic carbocycles. The number of amides is 1. The van der Waals surface area contributed by atoms with Gasteiger partial charge in [-0.2, -0.15) is 4.31 Å². The molecule has 2 N–H and O–H groups in total. The van der Waals surface area contributed by atoms with Crippen molar-refractivity contribution < 1.29 is 41.7 Å². The topological polar surface area (TPSA) is 128 Å². The fourth-order valence-corrected chi connectivity index (χ4v) is 8.18. The summed E-state index contributed by atoms with van der Waals surface area (Å²) < 4.78 is 60.9. The van der Waals surface area contributed by atoms with Crippen molar-refractivity contribution in [3.05, 3.63) is 47.6 Å². The second kappa shape index (κ2) is 14.9. The van der Waals surface area contributed by atoms with Gasteiger partial charge < -0.3 is 24.7 Å². The molecule has 2 fully saturated rings. The summed E-state index contributed by atoms with van der Waals surface area (Å²) in [6.45, 7) is 6.80. The van der Waals surface area contributed by atoms with Crippen molar-refractivity contribution in [2.24, 2.45) is 17.8 Å². The van der Waals surface area contributed by atoms with E-state index in [2.05, 4.69) is 4.90 Å². The van der Waals surface area contributed by atoms with Crippen LogP contribution in [-0.4, -0.2) is 109 Å². The van der Waals surface area contributed by atoms with Crippen molar-refractivity contribution >= 4 is 28.2 Å². The predicted octanol–water partition coefficient (Wildman–Crippen LogP) is 4.70. The summed E-state index contributed by atoms with van der Waals surface area (Å²) in [6, 6.07) is 5.92. The Bertz CT molecular complexity index is 1410. The molecule has 46 heavy (non-hydrogen) atoms. The summed E-state index contributed by atoms with van der Waals surface area (Å²) in [5.74, 6) is -3.89. The lowest BCUT2D eigenvalue weighted by Crippen LogP contribution is -2.57. The van der Waals surface area contributed by atoms with Gasteiger partial charge in [-0.3, -0.25) is 4.79 Å². The highest BCUT2D eigenvalue weighted by Gasteiger charge is 2.39. The summed E-state index contributed by atoms with van der Waals surface area (Å²) in [5, 5.41) is 20.7. The van der Waals surface area contributed by atoms with Crippen LogP contribution in [0.3, 0.4) is 0 Å². The Morgan fingerprint density at radius 2 is 1.78 bits per heavy atom. The van der Waals surface area contributed by atoms with Gasteiger partial charge in [-0.1, -0.05) is 44.2 Å². The van der Waals surface area contributed by atoms with E-state index in [9.17, 15) is 37.0 Å². The first-order valence-electron chi connectivity index (χ1n) is 16.0. The minimum atomic E-state index is -3.99. The summed E-state index contributed by atoms with van der Waals surface area (Å²) in [4.78, 5) is 28.7. The third-order valence-corrected chi connectivity index (χ3v) is 11.4. The molecule has 3 aliphatic heterocycles. The van der Waals surface area contributed by atoms with E-state index in [0.29, 0.717) is 43.6 Å². The number of rotatable bonds is 5. The zero-order valence-corrected chi connectivity index (χ0v) is 27.8. The van der Waals surface area contributed by atoms with E-state index < -0.39 is 53.1 Å². The second-order valence-electron chi connectivity index (χ2n) is 13.2. The van der Waals surface area contributed by atoms with Crippen LogP contribution in [0.2, 0.25) is 0 Å². The van der Waals surface area contributed by atoms with Crippen LogP contribution < -0.4 is 0 Å². The number of hydrogen-bond donors (Lipinski definition) is 2. The average Bonchev–Trinajstić information content (AvgIpc) is 2.98. The Morgan fingerprint density at radius 3 is 2.46 bits per heavy atom. The van der Waals surface area contributed by atoms with Crippen LogP contribution in [0.5, 0.6) is 0 Å². The molecule has 2 saturated heterocycles. The Balaban J connectivity index is 1.63. The monoisotopic (exact) mass is 667 g/mol. The molecule has 1 unspecified atom stereocenters. The number of halogens is 2. The van der Waals surface area contributed by atoms with Crippen LogP contribution in [-0.2, 0) is 19.6 Å². The first-order chi connectivity index (χ1) is 21.6. The highest BCUT2D eigenvalue weighted by Crippen LogP contribution is 2.33. The molecule has 0 radical (unpaired) electrons. The molecule has 10 nitrogen and oxygen atoms in total. The highest BCUT2D eigenvalue weighted by molar-refractivity contribution is 7.89. The highest BCUT2D eigenvalue weighted by atomic mass is 32.2. The first kappa shape index (κ1) is 36.0. The van der Waals surface area contributed by atoms with Crippen LogP contribution in [0.15, 0.2) is 46.9 Å². The number of aliphatic hydroxyl groups excluding tert-OH is 1. The maximum atomic E-state index is 13.7. The largest absolute Gasteiger partial charge is 0.465 e. The maximum Gasteiger partial charge on any atom is 0.407 e. The van der Waals surface area contributed by atoms with E-state index in [-0.39, 0.29) is 48.2 Å². The number of nitrogens with zero attached hydrogens (tertiary/aromatic N) is 3. The Kier molecular flexibility index (Phi) is 11.7. The first-order valence-corrected chi connectivity index (χ1v) is 17.4. The summed E-state index contributed by atoms with van der Waals surface area (Å²) in [6.07, 6.45) is 2.81. The van der Waals surface area contributed by atoms with Crippen molar-refractivity contribution in [2.45, 2.75) is 81.9 Å². The fourth-order valence-electron chi connectivity index (χ4n) is 6.68. The van der Waals surface area contributed by atoms with Gasteiger partial charge in [0.15, 0.2) is 0 Å². The molecule has 0 saturated carbocycles. The van der Waals surface area contributed by atoms with Gasteiger partial charge in [0.2, 0.25) is 10.0 Å². The molecular formula is C33H47F2N3O7S. The van der Waals surface area contributed by atoms with Crippen LogP contribution in [0, 0.1) is 17.8 Å². The van der Waals surface area contributed by atoms with Gasteiger partial charge in [-0.05, 0) is 56.0 Å². The number of benzene rings is 1. The molecule has 3 aliphatic rings. The van der Waals surface area contributed by atoms with E-state index in [1.807, 2.05) is 33.0 Å². The summed E-state index contributed by atoms with van der Waals surface area (Å²) in [7, 11) is -2.02. The molecule has 6 atom stereocenters. The minimum absolute atomic E-state index is 0.0108. The molecule has 0 bridgehead atoms. The molecule has 0 aromatic heterocycles. The van der Waals surface area contributed by atoms with Crippen LogP contribution in [0.4, 0.5) is 13.6 Å². The number of piperidine rings is 1. The van der Waals surface area contributed by atoms with Crippen molar-refractivity contribution in [3.8, 4) is 0 Å². The molecule has 4 rings (SSSR count). The number of piperazine rings is 1. The molecule has 256 valence electrons.